The molecule has 0 bridgehead atoms. The van der Waals surface area contributed by atoms with Crippen LogP contribution in [0.15, 0.2) is 48.8 Å². The number of hydrogen-bond donors (Lipinski definition) is 1. The van der Waals surface area contributed by atoms with Crippen molar-refractivity contribution >= 4 is 17.6 Å². The number of hydrogen-bond acceptors (Lipinski definition) is 2. The van der Waals surface area contributed by atoms with Gasteiger partial charge in [0.2, 0.25) is 0 Å². The van der Waals surface area contributed by atoms with Crippen molar-refractivity contribution in [1.29, 1.82) is 0 Å². The summed E-state index contributed by atoms with van der Waals surface area (Å²) in [6.45, 7) is 1.96. The van der Waals surface area contributed by atoms with Crippen molar-refractivity contribution < 1.29 is 9.90 Å². The van der Waals surface area contributed by atoms with Crippen LogP contribution in [0.1, 0.15) is 28.4 Å². The molecule has 1 aromatic carbocycles. The smallest absolute Gasteiger partial charge is 0.337 e. The molecular formula is C15H13NO2. The van der Waals surface area contributed by atoms with Crippen molar-refractivity contribution in [2.24, 2.45) is 0 Å². The Labute approximate surface area is 105 Å². The van der Waals surface area contributed by atoms with E-state index >= 15 is 0 Å². The molecule has 3 nitrogen and oxygen atoms in total. The van der Waals surface area contributed by atoms with Gasteiger partial charge in [-0.05, 0) is 29.7 Å². The zero-order valence-corrected chi connectivity index (χ0v) is 10.00. The Kier molecular flexibility index (Phi) is 3.53. The van der Waals surface area contributed by atoms with E-state index < -0.39 is 5.97 Å². The second-order valence-corrected chi connectivity index (χ2v) is 3.96. The van der Waals surface area contributed by atoms with Gasteiger partial charge in [0, 0.05) is 12.4 Å². The first-order valence-electron chi connectivity index (χ1n) is 5.59. The van der Waals surface area contributed by atoms with Gasteiger partial charge < -0.3 is 5.11 Å². The van der Waals surface area contributed by atoms with Gasteiger partial charge in [-0.1, -0.05) is 36.4 Å². The van der Waals surface area contributed by atoms with Crippen LogP contribution in [0.3, 0.4) is 0 Å². The predicted octanol–water partition coefficient (Wildman–Crippen LogP) is 3.34. The van der Waals surface area contributed by atoms with Gasteiger partial charge in [0.25, 0.3) is 0 Å². The van der Waals surface area contributed by atoms with E-state index in [9.17, 15) is 4.79 Å². The minimum Gasteiger partial charge on any atom is -0.478 e. The molecule has 0 aliphatic heterocycles. The second-order valence-electron chi connectivity index (χ2n) is 3.96. The van der Waals surface area contributed by atoms with E-state index in [0.29, 0.717) is 5.56 Å². The minimum absolute atomic E-state index is 0.216. The Morgan fingerprint density at radius 2 is 1.94 bits per heavy atom. The van der Waals surface area contributed by atoms with Gasteiger partial charge in [0.05, 0.1) is 5.56 Å². The highest BCUT2D eigenvalue weighted by Gasteiger charge is 2.08. The molecule has 0 aliphatic carbocycles. The normalized spacial score (nSPS) is 11.3. The van der Waals surface area contributed by atoms with E-state index in [4.69, 9.17) is 5.11 Å². The molecule has 2 aromatic rings. The molecule has 0 spiro atoms. The summed E-state index contributed by atoms with van der Waals surface area (Å²) in [5.74, 6) is -0.963. The zero-order valence-electron chi connectivity index (χ0n) is 10.00. The second kappa shape index (κ2) is 5.27. The van der Waals surface area contributed by atoms with Crippen LogP contribution in [0, 0.1) is 0 Å². The van der Waals surface area contributed by atoms with Crippen molar-refractivity contribution in [3.8, 4) is 0 Å². The Hall–Kier alpha value is -2.42. The van der Waals surface area contributed by atoms with Crippen LogP contribution in [0.2, 0.25) is 0 Å². The van der Waals surface area contributed by atoms with E-state index in [1.807, 2.05) is 43.3 Å². The summed E-state index contributed by atoms with van der Waals surface area (Å²) in [5.41, 5.74) is 2.97. The molecule has 0 fully saturated rings. The zero-order chi connectivity index (χ0) is 13.0. The minimum atomic E-state index is -0.963. The van der Waals surface area contributed by atoms with Gasteiger partial charge in [-0.15, -0.1) is 0 Å². The fraction of sp³-hybridized carbons (Fsp3) is 0.0667. The number of carboxylic acids is 1. The number of aromatic carboxylic acids is 1. The van der Waals surface area contributed by atoms with Crippen LogP contribution in [-0.2, 0) is 0 Å². The molecule has 0 atom stereocenters. The van der Waals surface area contributed by atoms with Crippen molar-refractivity contribution in [1.82, 2.24) is 4.98 Å². The largest absolute Gasteiger partial charge is 0.478 e. The highest BCUT2D eigenvalue weighted by molar-refractivity contribution is 5.94. The van der Waals surface area contributed by atoms with E-state index in [-0.39, 0.29) is 5.56 Å². The average Bonchev–Trinajstić information content (AvgIpc) is 2.40. The summed E-state index contributed by atoms with van der Waals surface area (Å²) in [5, 5.41) is 9.08. The first kappa shape index (κ1) is 12.0. The van der Waals surface area contributed by atoms with Crippen molar-refractivity contribution in [3.63, 3.8) is 0 Å². The lowest BCUT2D eigenvalue weighted by molar-refractivity contribution is 0.0696. The van der Waals surface area contributed by atoms with Gasteiger partial charge in [-0.25, -0.2) is 4.79 Å². The highest BCUT2D eigenvalue weighted by atomic mass is 16.4. The Bertz CT molecular complexity index is 588. The SMILES string of the molecule is CC(=Cc1ccncc1C(=O)O)c1ccccc1. The fourth-order valence-corrected chi connectivity index (χ4v) is 1.73. The van der Waals surface area contributed by atoms with Crippen LogP contribution in [-0.4, -0.2) is 16.1 Å². The Morgan fingerprint density at radius 3 is 2.61 bits per heavy atom. The molecule has 0 radical (unpaired) electrons. The summed E-state index contributed by atoms with van der Waals surface area (Å²) in [4.78, 5) is 14.9. The van der Waals surface area contributed by atoms with Gasteiger partial charge >= 0.3 is 5.97 Å². The molecule has 2 rings (SSSR count). The third kappa shape index (κ3) is 2.63. The molecule has 0 unspecified atom stereocenters. The van der Waals surface area contributed by atoms with E-state index in [1.165, 1.54) is 6.20 Å². The van der Waals surface area contributed by atoms with E-state index in [0.717, 1.165) is 11.1 Å². The van der Waals surface area contributed by atoms with Gasteiger partial charge in [-0.3, -0.25) is 4.98 Å². The molecule has 18 heavy (non-hydrogen) atoms. The van der Waals surface area contributed by atoms with Crippen LogP contribution >= 0.6 is 0 Å². The molecule has 1 heterocycles. The molecule has 0 saturated carbocycles. The number of nitrogens with zero attached hydrogens (tertiary/aromatic N) is 1. The van der Waals surface area contributed by atoms with Gasteiger partial charge in [0.15, 0.2) is 0 Å². The lowest BCUT2D eigenvalue weighted by Gasteiger charge is -2.04. The molecule has 1 aromatic heterocycles. The first-order valence-corrected chi connectivity index (χ1v) is 5.59. The van der Waals surface area contributed by atoms with Crippen molar-refractivity contribution in [3.05, 3.63) is 65.5 Å². The molecule has 3 heteroatoms. The van der Waals surface area contributed by atoms with Crippen LogP contribution in [0.4, 0.5) is 0 Å². The maximum atomic E-state index is 11.1. The monoisotopic (exact) mass is 239 g/mol. The number of benzene rings is 1. The number of carbonyl (C=O) groups is 1. The predicted molar refractivity (Wildman–Crippen MR) is 71.2 cm³/mol. The van der Waals surface area contributed by atoms with Crippen molar-refractivity contribution in [2.75, 3.05) is 0 Å². The van der Waals surface area contributed by atoms with E-state index in [1.54, 1.807) is 12.3 Å². The quantitative estimate of drug-likeness (QED) is 0.893. The van der Waals surface area contributed by atoms with Crippen LogP contribution in [0.5, 0.6) is 0 Å². The van der Waals surface area contributed by atoms with E-state index in [2.05, 4.69) is 4.98 Å². The summed E-state index contributed by atoms with van der Waals surface area (Å²) in [7, 11) is 0. The maximum absolute atomic E-state index is 11.1. The average molecular weight is 239 g/mol. The Morgan fingerprint density at radius 1 is 1.22 bits per heavy atom. The summed E-state index contributed by atoms with van der Waals surface area (Å²) >= 11 is 0. The number of rotatable bonds is 3. The van der Waals surface area contributed by atoms with Gasteiger partial charge in [0.1, 0.15) is 0 Å². The summed E-state index contributed by atoms with van der Waals surface area (Å²) < 4.78 is 0. The molecule has 0 saturated heterocycles. The highest BCUT2D eigenvalue weighted by Crippen LogP contribution is 2.19. The number of allylic oxidation sites excluding steroid dienone is 1. The van der Waals surface area contributed by atoms with Gasteiger partial charge in [-0.2, -0.15) is 0 Å². The van der Waals surface area contributed by atoms with Crippen LogP contribution < -0.4 is 0 Å². The van der Waals surface area contributed by atoms with Crippen LogP contribution in [0.25, 0.3) is 11.6 Å². The molecule has 90 valence electrons. The summed E-state index contributed by atoms with van der Waals surface area (Å²) in [6.07, 6.45) is 4.82. The first-order chi connectivity index (χ1) is 8.68. The lowest BCUT2D eigenvalue weighted by Crippen LogP contribution is -2.00. The fourth-order valence-electron chi connectivity index (χ4n) is 1.73. The number of pyridine rings is 1. The third-order valence-electron chi connectivity index (χ3n) is 2.69. The number of carboxylic acid groups (broad SMARTS) is 1. The maximum Gasteiger partial charge on any atom is 0.337 e. The topological polar surface area (TPSA) is 50.2 Å². The van der Waals surface area contributed by atoms with Crippen molar-refractivity contribution in [2.45, 2.75) is 6.92 Å². The number of aromatic nitrogens is 1. The molecular weight excluding hydrogens is 226 g/mol. The third-order valence-corrected chi connectivity index (χ3v) is 2.69. The lowest BCUT2D eigenvalue weighted by atomic mass is 10.0. The molecule has 0 amide bonds. The summed E-state index contributed by atoms with van der Waals surface area (Å²) in [6, 6.07) is 11.6. The Balaban J connectivity index is 2.42. The molecule has 1 N–H and O–H groups in total. The standard InChI is InChI=1S/C15H13NO2/c1-11(12-5-3-2-4-6-12)9-13-7-8-16-10-14(13)15(17)18/h2-10H,1H3,(H,17,18). The molecule has 0 aliphatic rings.